The van der Waals surface area contributed by atoms with Gasteiger partial charge in [-0.1, -0.05) is 36.4 Å². The SMILES string of the molecule is CN(CCNCc1ccc(-c2cccc(-n3c(=O)n([C@H]4CC[C@@H](NC(=O)c5cn6cc(F)ccc6n5)CC4)c(=O)c4cc(F)cnc43)c2)cc1)C(=O)O. The number of halogens is 2. The standard InChI is InChI=1S/C38H36F2N8O5/c1-45(38(52)53)16-15-41-19-23-5-7-24(8-6-23)25-3-2-4-30(17-25)47-34-31(18-27(40)20-42-34)36(50)48(37(47)51)29-12-10-28(11-13-29)43-35(49)32-22-46-21-26(39)9-14-33(46)44-32/h2-9,14,17-18,20-22,28-29,41H,10-13,15-16,19H2,1H3,(H,43,49)(H,52,53)/t28-,29+. The first-order valence-electron chi connectivity index (χ1n) is 17.2. The van der Waals surface area contributed by atoms with Gasteiger partial charge in [0.15, 0.2) is 5.65 Å². The molecule has 4 aromatic heterocycles. The zero-order chi connectivity index (χ0) is 37.2. The van der Waals surface area contributed by atoms with E-state index >= 15 is 0 Å². The molecular formula is C38H36F2N8O5. The molecule has 13 nitrogen and oxygen atoms in total. The molecule has 6 aromatic rings. The topological polar surface area (TPSA) is 156 Å². The van der Waals surface area contributed by atoms with Crippen LogP contribution in [0.3, 0.4) is 0 Å². The van der Waals surface area contributed by atoms with Crippen molar-refractivity contribution in [2.24, 2.45) is 0 Å². The minimum absolute atomic E-state index is 0.0277. The number of nitrogens with one attached hydrogen (secondary N) is 2. The van der Waals surface area contributed by atoms with Gasteiger partial charge in [-0.05, 0) is 72.7 Å². The van der Waals surface area contributed by atoms with E-state index in [1.807, 2.05) is 36.4 Å². The minimum atomic E-state index is -0.983. The van der Waals surface area contributed by atoms with Crippen LogP contribution in [-0.4, -0.2) is 71.7 Å². The Morgan fingerprint density at radius 3 is 2.47 bits per heavy atom. The van der Waals surface area contributed by atoms with Gasteiger partial charge >= 0.3 is 11.8 Å². The summed E-state index contributed by atoms with van der Waals surface area (Å²) < 4.78 is 32.1. The van der Waals surface area contributed by atoms with Crippen LogP contribution >= 0.6 is 0 Å². The summed E-state index contributed by atoms with van der Waals surface area (Å²) in [5, 5.41) is 15.2. The Bertz CT molecular complexity index is 2450. The second kappa shape index (κ2) is 14.8. The van der Waals surface area contributed by atoms with Gasteiger partial charge in [0.25, 0.3) is 11.5 Å². The Balaban J connectivity index is 1.11. The smallest absolute Gasteiger partial charge is 0.407 e. The van der Waals surface area contributed by atoms with Crippen LogP contribution in [0.15, 0.2) is 94.9 Å². The second-order valence-corrected chi connectivity index (χ2v) is 13.2. The monoisotopic (exact) mass is 722 g/mol. The third-order valence-electron chi connectivity index (χ3n) is 9.61. The first-order valence-corrected chi connectivity index (χ1v) is 17.2. The summed E-state index contributed by atoms with van der Waals surface area (Å²) in [7, 11) is 1.51. The van der Waals surface area contributed by atoms with Crippen molar-refractivity contribution in [2.75, 3.05) is 20.1 Å². The molecule has 272 valence electrons. The summed E-state index contributed by atoms with van der Waals surface area (Å²) in [6.07, 6.45) is 4.45. The lowest BCUT2D eigenvalue weighted by atomic mass is 9.90. The lowest BCUT2D eigenvalue weighted by Crippen LogP contribution is -2.45. The third-order valence-corrected chi connectivity index (χ3v) is 9.61. The fourth-order valence-electron chi connectivity index (χ4n) is 6.76. The van der Waals surface area contributed by atoms with Crippen LogP contribution in [0.2, 0.25) is 0 Å². The van der Waals surface area contributed by atoms with Crippen molar-refractivity contribution >= 4 is 28.7 Å². The van der Waals surface area contributed by atoms with E-state index in [2.05, 4.69) is 20.6 Å². The first-order chi connectivity index (χ1) is 25.5. The van der Waals surface area contributed by atoms with E-state index in [1.165, 1.54) is 50.0 Å². The highest BCUT2D eigenvalue weighted by atomic mass is 19.1. The molecule has 2 aromatic carbocycles. The minimum Gasteiger partial charge on any atom is -0.465 e. The Morgan fingerprint density at radius 2 is 1.72 bits per heavy atom. The van der Waals surface area contributed by atoms with Gasteiger partial charge in [0.2, 0.25) is 0 Å². The number of rotatable bonds is 10. The number of amides is 2. The van der Waals surface area contributed by atoms with Crippen molar-refractivity contribution < 1.29 is 23.5 Å². The van der Waals surface area contributed by atoms with Crippen LogP contribution in [0.4, 0.5) is 13.6 Å². The molecule has 0 aliphatic heterocycles. The fraction of sp³-hybridized carbons (Fsp3) is 0.263. The average molecular weight is 723 g/mol. The number of aromatic nitrogens is 5. The largest absolute Gasteiger partial charge is 0.465 e. The van der Waals surface area contributed by atoms with Crippen molar-refractivity contribution in [3.8, 4) is 16.8 Å². The lowest BCUT2D eigenvalue weighted by molar-refractivity contribution is 0.0917. The molecule has 3 N–H and O–H groups in total. The van der Waals surface area contributed by atoms with Gasteiger partial charge in [-0.3, -0.25) is 14.2 Å². The maximum absolute atomic E-state index is 14.5. The highest BCUT2D eigenvalue weighted by Gasteiger charge is 2.28. The molecule has 0 radical (unpaired) electrons. The highest BCUT2D eigenvalue weighted by molar-refractivity contribution is 5.93. The maximum Gasteiger partial charge on any atom is 0.407 e. The Kier molecular flexibility index (Phi) is 9.82. The van der Waals surface area contributed by atoms with Gasteiger partial charge < -0.3 is 25.0 Å². The molecule has 15 heteroatoms. The number of carboxylic acid groups (broad SMARTS) is 1. The molecule has 53 heavy (non-hydrogen) atoms. The Morgan fingerprint density at radius 1 is 0.943 bits per heavy atom. The number of hydrogen-bond acceptors (Lipinski definition) is 7. The summed E-state index contributed by atoms with van der Waals surface area (Å²) in [5.74, 6) is -1.56. The molecule has 0 spiro atoms. The number of carbonyl (C=O) groups is 2. The summed E-state index contributed by atoms with van der Waals surface area (Å²) >= 11 is 0. The number of carbonyl (C=O) groups excluding carboxylic acids is 1. The molecule has 2 amide bonds. The van der Waals surface area contributed by atoms with Crippen LogP contribution in [0.25, 0.3) is 33.5 Å². The Labute approximate surface area is 301 Å². The average Bonchev–Trinajstić information content (AvgIpc) is 3.58. The van der Waals surface area contributed by atoms with E-state index in [0.29, 0.717) is 56.7 Å². The molecule has 0 unspecified atom stereocenters. The zero-order valence-electron chi connectivity index (χ0n) is 28.7. The molecule has 0 bridgehead atoms. The van der Waals surface area contributed by atoms with E-state index in [9.17, 15) is 28.0 Å². The molecular weight excluding hydrogens is 686 g/mol. The van der Waals surface area contributed by atoms with Gasteiger partial charge in [0.1, 0.15) is 23.0 Å². The molecule has 0 saturated heterocycles. The van der Waals surface area contributed by atoms with Gasteiger partial charge in [0, 0.05) is 51.2 Å². The van der Waals surface area contributed by atoms with Crippen molar-refractivity contribution in [3.63, 3.8) is 0 Å². The molecule has 7 rings (SSSR count). The van der Waals surface area contributed by atoms with Crippen molar-refractivity contribution in [1.29, 1.82) is 0 Å². The summed E-state index contributed by atoms with van der Waals surface area (Å²) in [6.45, 7) is 1.41. The number of benzene rings is 2. The molecule has 1 saturated carbocycles. The Hall–Kier alpha value is -6.22. The van der Waals surface area contributed by atoms with E-state index < -0.39 is 40.9 Å². The predicted molar refractivity (Wildman–Crippen MR) is 193 cm³/mol. The normalized spacial score (nSPS) is 15.8. The first kappa shape index (κ1) is 35.2. The number of imidazole rings is 1. The zero-order valence-corrected chi connectivity index (χ0v) is 28.7. The fourth-order valence-corrected chi connectivity index (χ4v) is 6.76. The van der Waals surface area contributed by atoms with E-state index in [0.717, 1.165) is 29.0 Å². The van der Waals surface area contributed by atoms with Gasteiger partial charge in [-0.2, -0.15) is 0 Å². The van der Waals surface area contributed by atoms with Crippen molar-refractivity contribution in [3.05, 3.63) is 129 Å². The van der Waals surface area contributed by atoms with E-state index in [-0.39, 0.29) is 22.8 Å². The predicted octanol–water partition coefficient (Wildman–Crippen LogP) is 4.75. The summed E-state index contributed by atoms with van der Waals surface area (Å²) in [5.41, 5.74) is 2.53. The van der Waals surface area contributed by atoms with Gasteiger partial charge in [-0.25, -0.2) is 32.9 Å². The molecule has 0 atom stereocenters. The third kappa shape index (κ3) is 7.42. The van der Waals surface area contributed by atoms with Crippen molar-refractivity contribution in [1.82, 2.24) is 39.0 Å². The van der Waals surface area contributed by atoms with Crippen LogP contribution in [0.5, 0.6) is 0 Å². The van der Waals surface area contributed by atoms with Gasteiger partial charge in [0.05, 0.1) is 17.3 Å². The highest BCUT2D eigenvalue weighted by Crippen LogP contribution is 2.28. The maximum atomic E-state index is 14.5. The number of fused-ring (bicyclic) bond motifs is 2. The summed E-state index contributed by atoms with van der Waals surface area (Å²) in [6, 6.07) is 18.1. The number of pyridine rings is 2. The van der Waals surface area contributed by atoms with E-state index in [4.69, 9.17) is 5.11 Å². The number of hydrogen-bond donors (Lipinski definition) is 3. The number of likely N-dealkylation sites (N-methyl/N-ethyl adjacent to an activating group) is 1. The van der Waals surface area contributed by atoms with Crippen molar-refractivity contribution in [2.45, 2.75) is 44.3 Å². The molecule has 1 aliphatic rings. The van der Waals surface area contributed by atoms with Gasteiger partial charge in [-0.15, -0.1) is 0 Å². The van der Waals surface area contributed by atoms with Crippen LogP contribution in [0, 0.1) is 11.6 Å². The quantitative estimate of drug-likeness (QED) is 0.171. The molecule has 1 fully saturated rings. The van der Waals surface area contributed by atoms with Crippen LogP contribution in [-0.2, 0) is 6.54 Å². The van der Waals surface area contributed by atoms with Crippen LogP contribution < -0.4 is 21.9 Å². The lowest BCUT2D eigenvalue weighted by Gasteiger charge is -2.30. The van der Waals surface area contributed by atoms with E-state index in [1.54, 1.807) is 12.1 Å². The second-order valence-electron chi connectivity index (χ2n) is 13.2. The molecule has 1 aliphatic carbocycles. The number of nitrogens with zero attached hydrogens (tertiary/aromatic N) is 6. The van der Waals surface area contributed by atoms with Crippen LogP contribution in [0.1, 0.15) is 47.8 Å². The summed E-state index contributed by atoms with van der Waals surface area (Å²) in [4.78, 5) is 61.7. The molecule has 4 heterocycles.